The van der Waals surface area contributed by atoms with E-state index in [-0.39, 0.29) is 6.10 Å². The van der Waals surface area contributed by atoms with Crippen LogP contribution in [-0.4, -0.2) is 21.1 Å². The number of nitrogen functional groups attached to an aromatic ring is 1. The van der Waals surface area contributed by atoms with Gasteiger partial charge in [0.1, 0.15) is 11.9 Å². The zero-order chi connectivity index (χ0) is 11.8. The summed E-state index contributed by atoms with van der Waals surface area (Å²) in [4.78, 5) is 0. The topological polar surface area (TPSA) is 66.0 Å². The Balaban J connectivity index is 1.74. The van der Waals surface area contributed by atoms with Gasteiger partial charge < -0.3 is 10.5 Å². The maximum absolute atomic E-state index is 5.85. The van der Waals surface area contributed by atoms with Crippen LogP contribution in [0.4, 0.5) is 5.82 Å². The Kier molecular flexibility index (Phi) is 2.24. The van der Waals surface area contributed by atoms with Gasteiger partial charge in [-0.25, -0.2) is 4.68 Å². The van der Waals surface area contributed by atoms with Crippen LogP contribution in [0.15, 0.2) is 24.4 Å². The van der Waals surface area contributed by atoms with E-state index in [1.165, 1.54) is 11.1 Å². The van der Waals surface area contributed by atoms with E-state index in [2.05, 4.69) is 29.4 Å². The predicted octanol–water partition coefficient (Wildman–Crippen LogP) is 1.17. The van der Waals surface area contributed by atoms with Gasteiger partial charge in [-0.15, -0.1) is 5.10 Å². The fourth-order valence-electron chi connectivity index (χ4n) is 2.16. The zero-order valence-corrected chi connectivity index (χ0v) is 9.63. The van der Waals surface area contributed by atoms with Gasteiger partial charge in [-0.2, -0.15) is 0 Å². The number of rotatable bonds is 2. The number of anilines is 1. The van der Waals surface area contributed by atoms with Crippen LogP contribution in [0.1, 0.15) is 11.1 Å². The van der Waals surface area contributed by atoms with Crippen molar-refractivity contribution in [2.75, 3.05) is 5.73 Å². The highest BCUT2D eigenvalue weighted by Crippen LogP contribution is 2.29. The average Bonchev–Trinajstić information content (AvgIpc) is 2.84. The molecule has 3 rings (SSSR count). The molecule has 2 heterocycles. The Morgan fingerprint density at radius 3 is 3.18 bits per heavy atom. The molecule has 2 N–H and O–H groups in total. The fourth-order valence-corrected chi connectivity index (χ4v) is 2.16. The molecule has 0 bridgehead atoms. The summed E-state index contributed by atoms with van der Waals surface area (Å²) >= 11 is 0. The lowest BCUT2D eigenvalue weighted by molar-refractivity contribution is 0.202. The third-order valence-corrected chi connectivity index (χ3v) is 2.90. The van der Waals surface area contributed by atoms with Crippen molar-refractivity contribution in [3.63, 3.8) is 0 Å². The van der Waals surface area contributed by atoms with Crippen molar-refractivity contribution < 1.29 is 4.74 Å². The summed E-state index contributed by atoms with van der Waals surface area (Å²) in [5.41, 5.74) is 8.05. The van der Waals surface area contributed by atoms with Crippen molar-refractivity contribution in [2.24, 2.45) is 0 Å². The van der Waals surface area contributed by atoms with Gasteiger partial charge in [-0.05, 0) is 18.6 Å². The molecule has 1 aliphatic rings. The van der Waals surface area contributed by atoms with Crippen molar-refractivity contribution in [1.29, 1.82) is 0 Å². The highest BCUT2D eigenvalue weighted by atomic mass is 16.5. The van der Waals surface area contributed by atoms with Crippen molar-refractivity contribution in [3.8, 4) is 5.75 Å². The lowest BCUT2D eigenvalue weighted by Gasteiger charge is -2.09. The van der Waals surface area contributed by atoms with Gasteiger partial charge in [0.25, 0.3) is 0 Å². The van der Waals surface area contributed by atoms with E-state index >= 15 is 0 Å². The van der Waals surface area contributed by atoms with Gasteiger partial charge in [0.05, 0.1) is 12.7 Å². The van der Waals surface area contributed by atoms with Crippen LogP contribution in [0, 0.1) is 6.92 Å². The Morgan fingerprint density at radius 2 is 2.41 bits per heavy atom. The lowest BCUT2D eigenvalue weighted by atomic mass is 10.1. The van der Waals surface area contributed by atoms with Gasteiger partial charge in [0.15, 0.2) is 5.82 Å². The Hall–Kier alpha value is -2.04. The average molecular weight is 230 g/mol. The summed E-state index contributed by atoms with van der Waals surface area (Å²) < 4.78 is 7.57. The first-order valence-electron chi connectivity index (χ1n) is 5.62. The number of fused-ring (bicyclic) bond motifs is 1. The zero-order valence-electron chi connectivity index (χ0n) is 9.63. The molecule has 1 aliphatic heterocycles. The highest BCUT2D eigenvalue weighted by molar-refractivity contribution is 5.40. The summed E-state index contributed by atoms with van der Waals surface area (Å²) in [5.74, 6) is 1.42. The van der Waals surface area contributed by atoms with Crippen LogP contribution in [0.5, 0.6) is 5.75 Å². The Bertz CT molecular complexity index is 547. The van der Waals surface area contributed by atoms with Crippen LogP contribution < -0.4 is 10.5 Å². The van der Waals surface area contributed by atoms with Crippen LogP contribution in [0.2, 0.25) is 0 Å². The van der Waals surface area contributed by atoms with Gasteiger partial charge in [0.2, 0.25) is 0 Å². The number of ether oxygens (including phenoxy) is 1. The number of aryl methyl sites for hydroxylation is 1. The largest absolute Gasteiger partial charge is 0.488 e. The van der Waals surface area contributed by atoms with Gasteiger partial charge in [0, 0.05) is 6.42 Å². The monoisotopic (exact) mass is 230 g/mol. The summed E-state index contributed by atoms with van der Waals surface area (Å²) in [7, 11) is 0. The van der Waals surface area contributed by atoms with Gasteiger partial charge >= 0.3 is 0 Å². The maximum atomic E-state index is 5.85. The quantitative estimate of drug-likeness (QED) is 0.841. The van der Waals surface area contributed by atoms with E-state index in [9.17, 15) is 0 Å². The minimum Gasteiger partial charge on any atom is -0.488 e. The Labute approximate surface area is 99.2 Å². The standard InChI is InChI=1S/C12H14N4O/c1-8-2-3-11-9(4-8)5-10(17-11)6-16-7-12(13)14-15-16/h2-4,7,10H,5-6,13H2,1H3. The number of aromatic nitrogens is 3. The maximum Gasteiger partial charge on any atom is 0.165 e. The molecule has 17 heavy (non-hydrogen) atoms. The van der Waals surface area contributed by atoms with Crippen molar-refractivity contribution >= 4 is 5.82 Å². The van der Waals surface area contributed by atoms with Crippen molar-refractivity contribution in [3.05, 3.63) is 35.5 Å². The molecule has 5 heteroatoms. The Morgan fingerprint density at radius 1 is 1.53 bits per heavy atom. The summed E-state index contributed by atoms with van der Waals surface area (Å²) in [6.45, 7) is 2.77. The highest BCUT2D eigenvalue weighted by Gasteiger charge is 2.23. The number of hydrogen-bond donors (Lipinski definition) is 1. The first-order chi connectivity index (χ1) is 8.20. The smallest absolute Gasteiger partial charge is 0.165 e. The molecule has 88 valence electrons. The number of benzene rings is 1. The number of nitrogens with zero attached hydrogens (tertiary/aromatic N) is 3. The molecule has 0 radical (unpaired) electrons. The molecule has 1 aromatic carbocycles. The molecule has 1 unspecified atom stereocenters. The van der Waals surface area contributed by atoms with E-state index in [1.54, 1.807) is 10.9 Å². The molecule has 0 fully saturated rings. The predicted molar refractivity (Wildman–Crippen MR) is 63.7 cm³/mol. The van der Waals surface area contributed by atoms with Crippen LogP contribution in [0.25, 0.3) is 0 Å². The summed E-state index contributed by atoms with van der Waals surface area (Å²) in [6, 6.07) is 6.26. The molecular weight excluding hydrogens is 216 g/mol. The first kappa shape index (κ1) is 10.1. The molecule has 1 atom stereocenters. The number of nitrogens with two attached hydrogens (primary N) is 1. The normalized spacial score (nSPS) is 17.8. The van der Waals surface area contributed by atoms with Crippen LogP contribution >= 0.6 is 0 Å². The lowest BCUT2D eigenvalue weighted by Crippen LogP contribution is -2.21. The van der Waals surface area contributed by atoms with E-state index < -0.39 is 0 Å². The van der Waals surface area contributed by atoms with Crippen molar-refractivity contribution in [1.82, 2.24) is 15.0 Å². The second-order valence-corrected chi connectivity index (χ2v) is 4.42. The second kappa shape index (κ2) is 3.76. The molecule has 0 amide bonds. The molecule has 0 aliphatic carbocycles. The van der Waals surface area contributed by atoms with E-state index in [0.717, 1.165) is 12.2 Å². The van der Waals surface area contributed by atoms with E-state index in [1.807, 2.05) is 6.07 Å². The molecule has 0 saturated carbocycles. The summed E-state index contributed by atoms with van der Waals surface area (Å²) in [5, 5.41) is 7.68. The van der Waals surface area contributed by atoms with E-state index in [4.69, 9.17) is 10.5 Å². The van der Waals surface area contributed by atoms with Crippen LogP contribution in [-0.2, 0) is 13.0 Å². The molecular formula is C12H14N4O. The molecule has 0 spiro atoms. The van der Waals surface area contributed by atoms with Gasteiger partial charge in [-0.1, -0.05) is 22.9 Å². The van der Waals surface area contributed by atoms with Gasteiger partial charge in [-0.3, -0.25) is 0 Å². The van der Waals surface area contributed by atoms with E-state index in [0.29, 0.717) is 12.4 Å². The first-order valence-corrected chi connectivity index (χ1v) is 5.62. The third kappa shape index (κ3) is 1.95. The summed E-state index contributed by atoms with van der Waals surface area (Å²) in [6.07, 6.45) is 2.75. The fraction of sp³-hybridized carbons (Fsp3) is 0.333. The minimum absolute atomic E-state index is 0.118. The number of hydrogen-bond acceptors (Lipinski definition) is 4. The minimum atomic E-state index is 0.118. The SMILES string of the molecule is Cc1ccc2c(c1)CC(Cn1cc(N)nn1)O2. The molecule has 2 aromatic rings. The van der Waals surface area contributed by atoms with Crippen molar-refractivity contribution in [2.45, 2.75) is 26.0 Å². The third-order valence-electron chi connectivity index (χ3n) is 2.90. The second-order valence-electron chi connectivity index (χ2n) is 4.42. The molecule has 1 aromatic heterocycles. The molecule has 5 nitrogen and oxygen atoms in total. The molecule has 0 saturated heterocycles. The van der Waals surface area contributed by atoms with Crippen LogP contribution in [0.3, 0.4) is 0 Å².